The lowest BCUT2D eigenvalue weighted by Crippen LogP contribution is -2.49. The number of carbonyl (C=O) groups is 2. The fraction of sp³-hybridized carbons (Fsp3) is 0.680. The van der Waals surface area contributed by atoms with E-state index in [0.29, 0.717) is 24.8 Å². The van der Waals surface area contributed by atoms with Gasteiger partial charge in [0.2, 0.25) is 11.8 Å². The zero-order valence-corrected chi connectivity index (χ0v) is 19.7. The molecule has 176 valence electrons. The number of likely N-dealkylation sites (tertiary alicyclic amines) is 1. The Morgan fingerprint density at radius 1 is 1.09 bits per heavy atom. The smallest absolute Gasteiger partial charge is 0.228 e. The van der Waals surface area contributed by atoms with Crippen LogP contribution in [0.1, 0.15) is 40.0 Å². The molecule has 0 aromatic heterocycles. The molecule has 3 aliphatic rings. The predicted octanol–water partition coefficient (Wildman–Crippen LogP) is 2.79. The van der Waals surface area contributed by atoms with Gasteiger partial charge in [0.05, 0.1) is 30.4 Å². The molecule has 1 aromatic rings. The average Bonchev–Trinajstić information content (AvgIpc) is 3.15. The maximum Gasteiger partial charge on any atom is 0.228 e. The first kappa shape index (κ1) is 23.1. The number of anilines is 1. The van der Waals surface area contributed by atoms with Crippen LogP contribution in [-0.4, -0.2) is 79.7 Å². The van der Waals surface area contributed by atoms with Gasteiger partial charge >= 0.3 is 0 Å². The zero-order valence-electron chi connectivity index (χ0n) is 19.7. The van der Waals surface area contributed by atoms with Crippen LogP contribution in [0.15, 0.2) is 24.3 Å². The molecular formula is C25H37N3O4. The first-order valence-electron chi connectivity index (χ1n) is 12.1. The van der Waals surface area contributed by atoms with Gasteiger partial charge in [0.25, 0.3) is 0 Å². The Bertz CT molecular complexity index is 798. The van der Waals surface area contributed by atoms with Crippen molar-refractivity contribution in [3.05, 3.63) is 24.3 Å². The molecule has 2 amide bonds. The van der Waals surface area contributed by atoms with E-state index < -0.39 is 0 Å². The average molecular weight is 444 g/mol. The van der Waals surface area contributed by atoms with Gasteiger partial charge in [0, 0.05) is 45.7 Å². The fourth-order valence-corrected chi connectivity index (χ4v) is 5.46. The molecule has 0 aliphatic carbocycles. The summed E-state index contributed by atoms with van der Waals surface area (Å²) in [5, 5.41) is 0. The molecule has 7 nitrogen and oxygen atoms in total. The largest absolute Gasteiger partial charge is 0.492 e. The Kier molecular flexibility index (Phi) is 7.36. The molecule has 3 unspecified atom stereocenters. The van der Waals surface area contributed by atoms with E-state index in [0.717, 1.165) is 51.3 Å². The van der Waals surface area contributed by atoms with Gasteiger partial charge in [-0.2, -0.15) is 0 Å². The third kappa shape index (κ3) is 5.26. The van der Waals surface area contributed by atoms with Crippen LogP contribution in [0, 0.1) is 11.8 Å². The summed E-state index contributed by atoms with van der Waals surface area (Å²) < 4.78 is 11.5. The lowest BCUT2D eigenvalue weighted by Gasteiger charge is -2.39. The van der Waals surface area contributed by atoms with Crippen molar-refractivity contribution in [3.8, 4) is 5.75 Å². The second kappa shape index (κ2) is 10.2. The summed E-state index contributed by atoms with van der Waals surface area (Å²) in [6.45, 7) is 11.8. The number of hydrogen-bond acceptors (Lipinski definition) is 5. The van der Waals surface area contributed by atoms with E-state index in [-0.39, 0.29) is 36.4 Å². The van der Waals surface area contributed by atoms with Crippen LogP contribution >= 0.6 is 0 Å². The molecule has 32 heavy (non-hydrogen) atoms. The number of benzene rings is 1. The van der Waals surface area contributed by atoms with Crippen LogP contribution in [0.25, 0.3) is 0 Å². The zero-order chi connectivity index (χ0) is 22.7. The Labute approximate surface area is 191 Å². The van der Waals surface area contributed by atoms with Gasteiger partial charge in [-0.15, -0.1) is 0 Å². The van der Waals surface area contributed by atoms with Crippen molar-refractivity contribution < 1.29 is 19.1 Å². The van der Waals surface area contributed by atoms with Crippen molar-refractivity contribution in [2.45, 2.75) is 52.2 Å². The quantitative estimate of drug-likeness (QED) is 0.677. The highest BCUT2D eigenvalue weighted by molar-refractivity contribution is 6.01. The van der Waals surface area contributed by atoms with Crippen LogP contribution in [-0.2, 0) is 14.3 Å². The van der Waals surface area contributed by atoms with E-state index in [4.69, 9.17) is 9.47 Å². The summed E-state index contributed by atoms with van der Waals surface area (Å²) in [6.07, 6.45) is 2.92. The Morgan fingerprint density at radius 2 is 1.78 bits per heavy atom. The molecular weight excluding hydrogens is 406 g/mol. The molecule has 3 fully saturated rings. The maximum atomic E-state index is 13.2. The van der Waals surface area contributed by atoms with E-state index in [1.807, 2.05) is 36.1 Å². The molecule has 3 aliphatic heterocycles. The predicted molar refractivity (Wildman–Crippen MR) is 124 cm³/mol. The molecule has 0 radical (unpaired) electrons. The van der Waals surface area contributed by atoms with Crippen molar-refractivity contribution in [2.75, 3.05) is 50.8 Å². The highest BCUT2D eigenvalue weighted by atomic mass is 16.5. The number of nitrogens with zero attached hydrogens (tertiary/aromatic N) is 3. The monoisotopic (exact) mass is 443 g/mol. The van der Waals surface area contributed by atoms with Crippen molar-refractivity contribution in [2.24, 2.45) is 11.8 Å². The molecule has 0 spiro atoms. The topological polar surface area (TPSA) is 62.3 Å². The highest BCUT2D eigenvalue weighted by Crippen LogP contribution is 2.34. The lowest BCUT2D eigenvalue weighted by molar-refractivity contribution is -0.137. The van der Waals surface area contributed by atoms with E-state index in [9.17, 15) is 9.59 Å². The molecule has 0 N–H and O–H groups in total. The summed E-state index contributed by atoms with van der Waals surface area (Å²) in [7, 11) is 0. The third-order valence-corrected chi connectivity index (χ3v) is 6.87. The molecule has 3 atom stereocenters. The first-order valence-corrected chi connectivity index (χ1v) is 12.1. The number of rotatable bonds is 6. The standard InChI is InChI=1S/C25H37N3O4/c1-4-31-23-8-6-5-7-22(23)28-17-21(13-24(28)29)25(30)27-11-9-20(10-12-27)16-26-14-18(2)32-19(3)15-26/h5-8,18-21H,4,9-17H2,1-3H3. The second-order valence-corrected chi connectivity index (χ2v) is 9.55. The van der Waals surface area contributed by atoms with Gasteiger partial charge in [-0.1, -0.05) is 12.1 Å². The van der Waals surface area contributed by atoms with Crippen molar-refractivity contribution >= 4 is 17.5 Å². The number of morpholine rings is 1. The number of ether oxygens (including phenoxy) is 2. The molecule has 1 aromatic carbocycles. The lowest BCUT2D eigenvalue weighted by atomic mass is 9.94. The minimum atomic E-state index is -0.269. The molecule has 3 saturated heterocycles. The first-order chi connectivity index (χ1) is 15.4. The molecule has 7 heteroatoms. The van der Waals surface area contributed by atoms with Crippen LogP contribution in [0.4, 0.5) is 5.69 Å². The SMILES string of the molecule is CCOc1ccccc1N1CC(C(=O)N2CCC(CN3CC(C)OC(C)C3)CC2)CC1=O. The molecule has 4 rings (SSSR count). The van der Waals surface area contributed by atoms with Crippen LogP contribution in [0.2, 0.25) is 0 Å². The Hall–Kier alpha value is -2.12. The third-order valence-electron chi connectivity index (χ3n) is 6.87. The normalized spacial score (nSPS) is 27.7. The Morgan fingerprint density at radius 3 is 2.47 bits per heavy atom. The fourth-order valence-electron chi connectivity index (χ4n) is 5.46. The minimum Gasteiger partial charge on any atom is -0.492 e. The Balaban J connectivity index is 1.30. The van der Waals surface area contributed by atoms with Gasteiger partial charge in [-0.25, -0.2) is 0 Å². The van der Waals surface area contributed by atoms with Crippen LogP contribution in [0.3, 0.4) is 0 Å². The van der Waals surface area contributed by atoms with E-state index in [2.05, 4.69) is 18.7 Å². The maximum absolute atomic E-state index is 13.2. The van der Waals surface area contributed by atoms with E-state index >= 15 is 0 Å². The van der Waals surface area contributed by atoms with Crippen LogP contribution < -0.4 is 9.64 Å². The molecule has 0 bridgehead atoms. The minimum absolute atomic E-state index is 0.000876. The van der Waals surface area contributed by atoms with Gasteiger partial charge in [0.15, 0.2) is 0 Å². The summed E-state index contributed by atoms with van der Waals surface area (Å²) in [5.74, 6) is 1.18. The summed E-state index contributed by atoms with van der Waals surface area (Å²) in [6, 6.07) is 7.58. The summed E-state index contributed by atoms with van der Waals surface area (Å²) in [4.78, 5) is 32.2. The number of carbonyl (C=O) groups excluding carboxylic acids is 2. The van der Waals surface area contributed by atoms with Gasteiger partial charge in [0.1, 0.15) is 5.75 Å². The van der Waals surface area contributed by atoms with Crippen molar-refractivity contribution in [1.29, 1.82) is 0 Å². The summed E-state index contributed by atoms with van der Waals surface area (Å²) in [5.41, 5.74) is 0.766. The van der Waals surface area contributed by atoms with Crippen molar-refractivity contribution in [3.63, 3.8) is 0 Å². The van der Waals surface area contributed by atoms with E-state index in [1.165, 1.54) is 0 Å². The van der Waals surface area contributed by atoms with Crippen molar-refractivity contribution in [1.82, 2.24) is 9.80 Å². The number of hydrogen-bond donors (Lipinski definition) is 0. The van der Waals surface area contributed by atoms with Gasteiger partial charge in [-0.05, 0) is 51.7 Å². The number of amides is 2. The van der Waals surface area contributed by atoms with Gasteiger partial charge in [-0.3, -0.25) is 14.5 Å². The van der Waals surface area contributed by atoms with Gasteiger partial charge < -0.3 is 19.3 Å². The molecule has 3 heterocycles. The summed E-state index contributed by atoms with van der Waals surface area (Å²) >= 11 is 0. The van der Waals surface area contributed by atoms with E-state index in [1.54, 1.807) is 4.90 Å². The molecule has 0 saturated carbocycles. The second-order valence-electron chi connectivity index (χ2n) is 9.55. The van der Waals surface area contributed by atoms with Crippen LogP contribution in [0.5, 0.6) is 5.75 Å². The number of para-hydroxylation sites is 2. The number of piperidine rings is 1. The highest BCUT2D eigenvalue weighted by Gasteiger charge is 2.39.